The van der Waals surface area contributed by atoms with Gasteiger partial charge in [-0.3, -0.25) is 14.9 Å². The quantitative estimate of drug-likeness (QED) is 0.511. The number of nitrogens with one attached hydrogen (secondary N) is 1. The molecule has 3 nitrogen and oxygen atoms in total. The normalized spacial score (nSPS) is 17.0. The summed E-state index contributed by atoms with van der Waals surface area (Å²) in [6.07, 6.45) is 1.72. The third-order valence-electron chi connectivity index (χ3n) is 1.09. The fourth-order valence-corrected chi connectivity index (χ4v) is 0.690. The van der Waals surface area contributed by atoms with E-state index in [0.717, 1.165) is 0 Å². The van der Waals surface area contributed by atoms with E-state index < -0.39 is 0 Å². The lowest BCUT2D eigenvalue weighted by atomic mass is 10.1. The third-order valence-corrected chi connectivity index (χ3v) is 1.09. The van der Waals surface area contributed by atoms with Gasteiger partial charge in [-0.15, -0.1) is 0 Å². The predicted molar refractivity (Wildman–Crippen MR) is 38.3 cm³/mol. The van der Waals surface area contributed by atoms with Crippen molar-refractivity contribution in [1.82, 2.24) is 5.32 Å². The first-order valence-corrected chi connectivity index (χ1v) is 3.62. The molecular formula is C7H13NO2. The number of imide groups is 1. The molecule has 0 atom stereocenters. The fourth-order valence-electron chi connectivity index (χ4n) is 0.690. The molecule has 0 aromatic carbocycles. The van der Waals surface area contributed by atoms with Gasteiger partial charge in [0.15, 0.2) is 0 Å². The Labute approximate surface area is 60.8 Å². The summed E-state index contributed by atoms with van der Waals surface area (Å²) < 4.78 is 0. The molecule has 0 aromatic heterocycles. The van der Waals surface area contributed by atoms with Crippen LogP contribution in [0.4, 0.5) is 0 Å². The second-order valence-corrected chi connectivity index (χ2v) is 1.82. The van der Waals surface area contributed by atoms with Crippen molar-refractivity contribution < 1.29 is 9.59 Å². The Morgan fingerprint density at radius 3 is 1.70 bits per heavy atom. The van der Waals surface area contributed by atoms with E-state index in [1.165, 1.54) is 0 Å². The summed E-state index contributed by atoms with van der Waals surface area (Å²) in [5.41, 5.74) is 0. The van der Waals surface area contributed by atoms with Gasteiger partial charge in [0.2, 0.25) is 11.8 Å². The molecule has 0 saturated carbocycles. The molecule has 10 heavy (non-hydrogen) atoms. The standard InChI is InChI=1S/C5H7NO2.C2H6/c7-4-2-1-3-5(8)6-4;1-2/h1-3H2,(H,6,7,8);1-2H3. The minimum absolute atomic E-state index is 0.138. The van der Waals surface area contributed by atoms with Crippen molar-refractivity contribution >= 4 is 11.8 Å². The van der Waals surface area contributed by atoms with E-state index in [0.29, 0.717) is 19.3 Å². The molecule has 1 rings (SSSR count). The van der Waals surface area contributed by atoms with E-state index >= 15 is 0 Å². The summed E-state index contributed by atoms with van der Waals surface area (Å²) >= 11 is 0. The molecule has 0 bridgehead atoms. The Morgan fingerprint density at radius 2 is 1.50 bits per heavy atom. The van der Waals surface area contributed by atoms with Gasteiger partial charge in [-0.25, -0.2) is 0 Å². The summed E-state index contributed by atoms with van der Waals surface area (Å²) in [5.74, 6) is -0.275. The van der Waals surface area contributed by atoms with E-state index in [1.807, 2.05) is 13.8 Å². The molecule has 58 valence electrons. The highest BCUT2D eigenvalue weighted by atomic mass is 16.2. The van der Waals surface area contributed by atoms with E-state index in [4.69, 9.17) is 0 Å². The molecule has 1 fully saturated rings. The summed E-state index contributed by atoms with van der Waals surface area (Å²) in [4.78, 5) is 20.7. The van der Waals surface area contributed by atoms with Gasteiger partial charge in [0.05, 0.1) is 0 Å². The highest BCUT2D eigenvalue weighted by Crippen LogP contribution is 2.00. The van der Waals surface area contributed by atoms with E-state index in [-0.39, 0.29) is 11.8 Å². The fraction of sp³-hybridized carbons (Fsp3) is 0.714. The van der Waals surface area contributed by atoms with Crippen LogP contribution >= 0.6 is 0 Å². The second-order valence-electron chi connectivity index (χ2n) is 1.82. The highest BCUT2D eigenvalue weighted by Gasteiger charge is 2.12. The first kappa shape index (κ1) is 9.14. The van der Waals surface area contributed by atoms with Crippen LogP contribution < -0.4 is 5.32 Å². The Hall–Kier alpha value is -0.860. The summed E-state index contributed by atoms with van der Waals surface area (Å²) in [7, 11) is 0. The van der Waals surface area contributed by atoms with Gasteiger partial charge < -0.3 is 0 Å². The van der Waals surface area contributed by atoms with Crippen LogP contribution in [0.5, 0.6) is 0 Å². The Balaban J connectivity index is 0.000000371. The first-order chi connectivity index (χ1) is 4.79. The van der Waals surface area contributed by atoms with Crippen molar-refractivity contribution in [2.45, 2.75) is 33.1 Å². The van der Waals surface area contributed by atoms with Gasteiger partial charge >= 0.3 is 0 Å². The zero-order chi connectivity index (χ0) is 7.98. The third kappa shape index (κ3) is 3.22. The number of piperidine rings is 1. The van der Waals surface area contributed by atoms with Gasteiger partial charge in [0.1, 0.15) is 0 Å². The highest BCUT2D eigenvalue weighted by molar-refractivity contribution is 5.97. The van der Waals surface area contributed by atoms with Crippen LogP contribution in [0.2, 0.25) is 0 Å². The molecule has 0 aliphatic carbocycles. The van der Waals surface area contributed by atoms with Crippen LogP contribution in [0.25, 0.3) is 0 Å². The minimum Gasteiger partial charge on any atom is -0.296 e. The zero-order valence-electron chi connectivity index (χ0n) is 6.44. The van der Waals surface area contributed by atoms with Gasteiger partial charge in [-0.2, -0.15) is 0 Å². The van der Waals surface area contributed by atoms with Gasteiger partial charge in [-0.05, 0) is 6.42 Å². The lowest BCUT2D eigenvalue weighted by molar-refractivity contribution is -0.132. The molecule has 0 unspecified atom stereocenters. The largest absolute Gasteiger partial charge is 0.296 e. The predicted octanol–water partition coefficient (Wildman–Crippen LogP) is 0.839. The number of hydrogen-bond donors (Lipinski definition) is 1. The second kappa shape index (κ2) is 4.97. The lowest BCUT2D eigenvalue weighted by Gasteiger charge is -2.07. The molecule has 0 aromatic rings. The molecule has 2 amide bonds. The summed E-state index contributed by atoms with van der Waals surface area (Å²) in [6, 6.07) is 0. The van der Waals surface area contributed by atoms with Crippen molar-refractivity contribution in [2.24, 2.45) is 0 Å². The summed E-state index contributed by atoms with van der Waals surface area (Å²) in [6.45, 7) is 4.00. The van der Waals surface area contributed by atoms with Crippen LogP contribution in [-0.2, 0) is 9.59 Å². The zero-order valence-corrected chi connectivity index (χ0v) is 6.44. The smallest absolute Gasteiger partial charge is 0.226 e. The number of amides is 2. The van der Waals surface area contributed by atoms with Gasteiger partial charge in [0, 0.05) is 12.8 Å². The monoisotopic (exact) mass is 143 g/mol. The lowest BCUT2D eigenvalue weighted by Crippen LogP contribution is -2.33. The van der Waals surface area contributed by atoms with Crippen molar-refractivity contribution in [3.63, 3.8) is 0 Å². The van der Waals surface area contributed by atoms with Gasteiger partial charge in [0.25, 0.3) is 0 Å². The SMILES string of the molecule is CC.O=C1CCCC(=O)N1. The van der Waals surface area contributed by atoms with Crippen molar-refractivity contribution in [3.8, 4) is 0 Å². The van der Waals surface area contributed by atoms with Crippen LogP contribution in [-0.4, -0.2) is 11.8 Å². The maximum absolute atomic E-state index is 10.3. The van der Waals surface area contributed by atoms with Gasteiger partial charge in [-0.1, -0.05) is 13.8 Å². The molecule has 1 N–H and O–H groups in total. The molecule has 1 aliphatic heterocycles. The molecule has 1 saturated heterocycles. The maximum Gasteiger partial charge on any atom is 0.226 e. The summed E-state index contributed by atoms with van der Waals surface area (Å²) in [5, 5.41) is 2.20. The van der Waals surface area contributed by atoms with Crippen LogP contribution in [0.3, 0.4) is 0 Å². The number of carbonyl (C=O) groups is 2. The Morgan fingerprint density at radius 1 is 1.10 bits per heavy atom. The van der Waals surface area contributed by atoms with Crippen LogP contribution in [0, 0.1) is 0 Å². The Bertz CT molecular complexity index is 118. The molecule has 1 aliphatic rings. The number of carbonyl (C=O) groups excluding carboxylic acids is 2. The van der Waals surface area contributed by atoms with Crippen LogP contribution in [0.15, 0.2) is 0 Å². The average Bonchev–Trinajstić information content (AvgIpc) is 1.91. The van der Waals surface area contributed by atoms with E-state index in [9.17, 15) is 9.59 Å². The number of hydrogen-bond acceptors (Lipinski definition) is 2. The average molecular weight is 143 g/mol. The van der Waals surface area contributed by atoms with Crippen molar-refractivity contribution in [1.29, 1.82) is 0 Å². The van der Waals surface area contributed by atoms with Crippen molar-refractivity contribution in [3.05, 3.63) is 0 Å². The van der Waals surface area contributed by atoms with Crippen LogP contribution in [0.1, 0.15) is 33.1 Å². The minimum atomic E-state index is -0.138. The van der Waals surface area contributed by atoms with E-state index in [1.54, 1.807) is 0 Å². The molecule has 0 spiro atoms. The maximum atomic E-state index is 10.3. The molecule has 1 heterocycles. The Kier molecular flexibility index (Phi) is 4.54. The molecular weight excluding hydrogens is 130 g/mol. The van der Waals surface area contributed by atoms with Crippen molar-refractivity contribution in [2.75, 3.05) is 0 Å². The molecule has 3 heteroatoms. The molecule has 0 radical (unpaired) electrons. The first-order valence-electron chi connectivity index (χ1n) is 3.62. The topological polar surface area (TPSA) is 46.2 Å². The van der Waals surface area contributed by atoms with E-state index in [2.05, 4.69) is 5.32 Å². The number of rotatable bonds is 0.